The maximum absolute atomic E-state index is 12.1. The lowest BCUT2D eigenvalue weighted by molar-refractivity contribution is -0.133. The van der Waals surface area contributed by atoms with E-state index in [0.717, 1.165) is 0 Å². The van der Waals surface area contributed by atoms with E-state index in [4.69, 9.17) is 10.00 Å². The molecule has 8 nitrogen and oxygen atoms in total. The molecule has 1 N–H and O–H groups in total. The van der Waals surface area contributed by atoms with Crippen LogP contribution in [0.25, 0.3) is 10.8 Å². The first-order chi connectivity index (χ1) is 11.0. The Morgan fingerprint density at radius 1 is 1.35 bits per heavy atom. The zero-order chi connectivity index (χ0) is 16.8. The van der Waals surface area contributed by atoms with Crippen LogP contribution < -0.4 is 5.56 Å². The van der Waals surface area contributed by atoms with Gasteiger partial charge >= 0.3 is 5.97 Å². The van der Waals surface area contributed by atoms with Crippen LogP contribution in [0, 0.1) is 11.3 Å². The quantitative estimate of drug-likeness (QED) is 0.801. The summed E-state index contributed by atoms with van der Waals surface area (Å²) in [5.41, 5.74) is -0.475. The summed E-state index contributed by atoms with van der Waals surface area (Å²) in [7, 11) is 1.52. The molecule has 0 aliphatic heterocycles. The molecule has 118 valence electrons. The Morgan fingerprint density at radius 3 is 2.74 bits per heavy atom. The largest absolute Gasteiger partial charge is 0.451 e. The zero-order valence-electron chi connectivity index (χ0n) is 12.4. The van der Waals surface area contributed by atoms with Crippen LogP contribution in [0.2, 0.25) is 0 Å². The number of hydrogen-bond acceptors (Lipinski definition) is 6. The molecule has 1 aromatic carbocycles. The summed E-state index contributed by atoms with van der Waals surface area (Å²) in [5, 5.41) is 15.1. The van der Waals surface area contributed by atoms with E-state index in [0.29, 0.717) is 10.8 Å². The van der Waals surface area contributed by atoms with Crippen LogP contribution in [0.15, 0.2) is 29.1 Å². The Hall–Kier alpha value is -3.21. The molecule has 0 saturated heterocycles. The highest BCUT2D eigenvalue weighted by Crippen LogP contribution is 2.13. The molecule has 0 aliphatic carbocycles. The number of carbonyl (C=O) groups is 2. The van der Waals surface area contributed by atoms with Crippen LogP contribution in [0.3, 0.4) is 0 Å². The van der Waals surface area contributed by atoms with Crippen molar-refractivity contribution < 1.29 is 14.3 Å². The van der Waals surface area contributed by atoms with Gasteiger partial charge in [-0.3, -0.25) is 9.59 Å². The Balaban J connectivity index is 2.11. The number of H-pyrrole nitrogens is 1. The molecule has 0 bridgehead atoms. The first-order valence-electron chi connectivity index (χ1n) is 6.80. The van der Waals surface area contributed by atoms with E-state index in [2.05, 4.69) is 10.2 Å². The average Bonchev–Trinajstić information content (AvgIpc) is 2.57. The minimum absolute atomic E-state index is 0.0623. The molecular weight excluding hydrogens is 300 g/mol. The van der Waals surface area contributed by atoms with E-state index in [-0.39, 0.29) is 18.7 Å². The maximum Gasteiger partial charge on any atom is 0.359 e. The fourth-order valence-corrected chi connectivity index (χ4v) is 1.92. The molecule has 0 atom stereocenters. The molecule has 0 unspecified atom stereocenters. The number of fused-ring (bicyclic) bond motifs is 1. The summed E-state index contributed by atoms with van der Waals surface area (Å²) in [5.74, 6) is -1.23. The lowest BCUT2D eigenvalue weighted by Crippen LogP contribution is -2.32. The second-order valence-electron chi connectivity index (χ2n) is 4.75. The summed E-state index contributed by atoms with van der Waals surface area (Å²) in [6.45, 7) is -0.206. The highest BCUT2D eigenvalue weighted by atomic mass is 16.5. The summed E-state index contributed by atoms with van der Waals surface area (Å²) < 4.78 is 4.94. The molecule has 1 amide bonds. The normalized spacial score (nSPS) is 10.1. The van der Waals surface area contributed by atoms with Crippen LogP contribution in [0.4, 0.5) is 0 Å². The van der Waals surface area contributed by atoms with E-state index >= 15 is 0 Å². The number of esters is 1. The lowest BCUT2D eigenvalue weighted by Gasteiger charge is -2.15. The number of nitrogens with one attached hydrogen (secondary N) is 1. The molecule has 0 saturated carbocycles. The molecule has 2 rings (SSSR count). The van der Waals surface area contributed by atoms with Gasteiger partial charge in [0.05, 0.1) is 17.9 Å². The maximum atomic E-state index is 12.1. The second kappa shape index (κ2) is 7.17. The van der Waals surface area contributed by atoms with Gasteiger partial charge in [0, 0.05) is 19.0 Å². The van der Waals surface area contributed by atoms with Crippen molar-refractivity contribution in [1.29, 1.82) is 5.26 Å². The van der Waals surface area contributed by atoms with Crippen molar-refractivity contribution in [2.75, 3.05) is 20.2 Å². The van der Waals surface area contributed by atoms with Gasteiger partial charge in [-0.25, -0.2) is 9.89 Å². The van der Waals surface area contributed by atoms with Crippen molar-refractivity contribution in [3.05, 3.63) is 40.3 Å². The molecule has 0 aliphatic rings. The van der Waals surface area contributed by atoms with E-state index in [1.165, 1.54) is 11.9 Å². The highest BCUT2D eigenvalue weighted by molar-refractivity contribution is 6.02. The molecule has 0 fully saturated rings. The molecule has 23 heavy (non-hydrogen) atoms. The number of benzene rings is 1. The number of amides is 1. The molecule has 0 radical (unpaired) electrons. The molecule has 1 heterocycles. The van der Waals surface area contributed by atoms with Crippen molar-refractivity contribution in [3.63, 3.8) is 0 Å². The van der Waals surface area contributed by atoms with E-state index in [1.54, 1.807) is 24.3 Å². The zero-order valence-corrected chi connectivity index (χ0v) is 12.4. The molecule has 1 aromatic heterocycles. The number of aromatic amines is 1. The third kappa shape index (κ3) is 3.71. The molecule has 8 heteroatoms. The van der Waals surface area contributed by atoms with Crippen LogP contribution in [0.5, 0.6) is 0 Å². The SMILES string of the molecule is CN(CCC#N)C(=O)COC(=O)c1n[nH]c(=O)c2ccccc12. The fourth-order valence-electron chi connectivity index (χ4n) is 1.92. The standard InChI is InChI=1S/C15H14N4O4/c1-19(8-4-7-16)12(20)9-23-15(22)13-10-5-2-3-6-11(10)14(21)18-17-13/h2-3,5-6H,4,8-9H2,1H3,(H,18,21). The Labute approximate surface area is 131 Å². The van der Waals surface area contributed by atoms with Gasteiger partial charge in [0.25, 0.3) is 11.5 Å². The lowest BCUT2D eigenvalue weighted by atomic mass is 10.1. The first kappa shape index (κ1) is 16.2. The summed E-state index contributed by atoms with van der Waals surface area (Å²) in [6.07, 6.45) is 0.197. The van der Waals surface area contributed by atoms with Gasteiger partial charge in [0.15, 0.2) is 12.3 Å². The number of ether oxygens (including phenoxy) is 1. The summed E-state index contributed by atoms with van der Waals surface area (Å²) in [4.78, 5) is 36.8. The van der Waals surface area contributed by atoms with Crippen LogP contribution in [0.1, 0.15) is 16.9 Å². The fraction of sp³-hybridized carbons (Fsp3) is 0.267. The van der Waals surface area contributed by atoms with Crippen molar-refractivity contribution in [1.82, 2.24) is 15.1 Å². The minimum Gasteiger partial charge on any atom is -0.451 e. The van der Waals surface area contributed by atoms with Crippen LogP contribution in [-0.4, -0.2) is 47.2 Å². The Kier molecular flexibility index (Phi) is 5.04. The minimum atomic E-state index is -0.806. The van der Waals surface area contributed by atoms with Crippen molar-refractivity contribution in [2.24, 2.45) is 0 Å². The second-order valence-corrected chi connectivity index (χ2v) is 4.75. The van der Waals surface area contributed by atoms with Crippen molar-refractivity contribution in [3.8, 4) is 6.07 Å². The van der Waals surface area contributed by atoms with Gasteiger partial charge in [-0.1, -0.05) is 18.2 Å². The van der Waals surface area contributed by atoms with Crippen molar-refractivity contribution >= 4 is 22.6 Å². The van der Waals surface area contributed by atoms with E-state index in [9.17, 15) is 14.4 Å². The van der Waals surface area contributed by atoms with Gasteiger partial charge in [-0.2, -0.15) is 10.4 Å². The molecule has 2 aromatic rings. The van der Waals surface area contributed by atoms with E-state index in [1.807, 2.05) is 6.07 Å². The number of rotatable bonds is 5. The average molecular weight is 314 g/mol. The summed E-state index contributed by atoms with van der Waals surface area (Å²) >= 11 is 0. The molecule has 0 spiro atoms. The topological polar surface area (TPSA) is 116 Å². The van der Waals surface area contributed by atoms with Crippen LogP contribution >= 0.6 is 0 Å². The van der Waals surface area contributed by atoms with Gasteiger partial charge in [0.1, 0.15) is 0 Å². The Bertz CT molecular complexity index is 837. The van der Waals surface area contributed by atoms with Crippen LogP contribution in [-0.2, 0) is 9.53 Å². The van der Waals surface area contributed by atoms with E-state index < -0.39 is 24.0 Å². The number of hydrogen-bond donors (Lipinski definition) is 1. The third-order valence-corrected chi connectivity index (χ3v) is 3.20. The first-order valence-corrected chi connectivity index (χ1v) is 6.80. The predicted octanol–water partition coefficient (Wildman–Crippen LogP) is 0.452. The number of aromatic nitrogens is 2. The van der Waals surface area contributed by atoms with Gasteiger partial charge < -0.3 is 9.64 Å². The Morgan fingerprint density at radius 2 is 2.04 bits per heavy atom. The predicted molar refractivity (Wildman–Crippen MR) is 80.5 cm³/mol. The number of likely N-dealkylation sites (N-methyl/N-ethyl adjacent to an activating group) is 1. The summed E-state index contributed by atoms with van der Waals surface area (Å²) in [6, 6.07) is 8.40. The van der Waals surface area contributed by atoms with Crippen molar-refractivity contribution in [2.45, 2.75) is 6.42 Å². The molecular formula is C15H14N4O4. The number of carbonyl (C=O) groups excluding carboxylic acids is 2. The van der Waals surface area contributed by atoms with Gasteiger partial charge in [-0.15, -0.1) is 0 Å². The van der Waals surface area contributed by atoms with Gasteiger partial charge in [-0.05, 0) is 6.07 Å². The number of nitrogens with zero attached hydrogens (tertiary/aromatic N) is 3. The monoisotopic (exact) mass is 314 g/mol. The third-order valence-electron chi connectivity index (χ3n) is 3.20. The van der Waals surface area contributed by atoms with Gasteiger partial charge in [0.2, 0.25) is 0 Å². The highest BCUT2D eigenvalue weighted by Gasteiger charge is 2.18. The number of nitriles is 1. The smallest absolute Gasteiger partial charge is 0.359 e.